The molecule has 0 spiro atoms. The summed E-state index contributed by atoms with van der Waals surface area (Å²) >= 11 is 0. The average Bonchev–Trinajstić information content (AvgIpc) is 2.79. The van der Waals surface area contributed by atoms with Gasteiger partial charge in [0.1, 0.15) is 5.75 Å². The molecule has 1 aromatic rings. The molecule has 0 unspecified atom stereocenters. The second kappa shape index (κ2) is 14.4. The maximum Gasteiger partial charge on any atom is 0.344 e. The van der Waals surface area contributed by atoms with Crippen LogP contribution in [0.15, 0.2) is 24.3 Å². The molecule has 2 heterocycles. The molecule has 182 valence electrons. The second-order valence-electron chi connectivity index (χ2n) is 7.96. The van der Waals surface area contributed by atoms with Crippen molar-refractivity contribution in [3.63, 3.8) is 0 Å². The summed E-state index contributed by atoms with van der Waals surface area (Å²) in [7, 11) is 0. The Bertz CT molecular complexity index is 694. The zero-order valence-corrected chi connectivity index (χ0v) is 20.5. The number of piperidine rings is 1. The van der Waals surface area contributed by atoms with E-state index in [2.05, 4.69) is 15.5 Å². The summed E-state index contributed by atoms with van der Waals surface area (Å²) in [6.07, 6.45) is 3.04. The van der Waals surface area contributed by atoms with E-state index < -0.39 is 0 Å². The maximum atomic E-state index is 12.6. The number of amides is 2. The first-order valence-electron chi connectivity index (χ1n) is 11.0. The molecule has 2 N–H and O–H groups in total. The number of urea groups is 1. The number of benzene rings is 1. The first-order chi connectivity index (χ1) is 14.5. The molecule has 0 bridgehead atoms. The molecule has 2 amide bonds. The number of hydrogen-bond donors (Lipinski definition) is 2. The summed E-state index contributed by atoms with van der Waals surface area (Å²) in [5, 5.41) is 6.35. The number of anilines is 1. The van der Waals surface area contributed by atoms with Gasteiger partial charge in [0.2, 0.25) is 0 Å². The van der Waals surface area contributed by atoms with Gasteiger partial charge in [-0.25, -0.2) is 9.59 Å². The van der Waals surface area contributed by atoms with Crippen LogP contribution < -0.4 is 15.4 Å². The van der Waals surface area contributed by atoms with Gasteiger partial charge in [-0.05, 0) is 63.5 Å². The van der Waals surface area contributed by atoms with Crippen molar-refractivity contribution in [1.82, 2.24) is 15.1 Å². The molecule has 1 aromatic carbocycles. The van der Waals surface area contributed by atoms with Crippen LogP contribution in [0.4, 0.5) is 10.5 Å². The quantitative estimate of drug-likeness (QED) is 0.571. The normalized spacial score (nSPS) is 18.0. The van der Waals surface area contributed by atoms with Crippen LogP contribution in [0.2, 0.25) is 0 Å². The lowest BCUT2D eigenvalue weighted by Crippen LogP contribution is -2.54. The zero-order chi connectivity index (χ0) is 21.3. The minimum absolute atomic E-state index is 0. The second-order valence-corrected chi connectivity index (χ2v) is 7.96. The number of carbonyl (C=O) groups excluding carboxylic acids is 2. The highest BCUT2D eigenvalue weighted by Gasteiger charge is 2.27. The number of nitrogens with one attached hydrogen (secondary N) is 2. The number of piperazine rings is 1. The Hall–Kier alpha value is -1.74. The molecular weight excluding hydrogens is 455 g/mol. The number of rotatable bonds is 7. The van der Waals surface area contributed by atoms with Gasteiger partial charge >= 0.3 is 12.0 Å². The van der Waals surface area contributed by atoms with E-state index in [9.17, 15) is 9.59 Å². The van der Waals surface area contributed by atoms with E-state index in [4.69, 9.17) is 9.47 Å². The van der Waals surface area contributed by atoms with Crippen molar-refractivity contribution in [3.8, 4) is 5.75 Å². The smallest absolute Gasteiger partial charge is 0.344 e. The predicted octanol–water partition coefficient (Wildman–Crippen LogP) is 3.15. The van der Waals surface area contributed by atoms with Crippen molar-refractivity contribution in [2.24, 2.45) is 0 Å². The highest BCUT2D eigenvalue weighted by molar-refractivity contribution is 5.89. The number of nitrogens with zero attached hydrogens (tertiary/aromatic N) is 2. The van der Waals surface area contributed by atoms with Gasteiger partial charge in [0.25, 0.3) is 0 Å². The van der Waals surface area contributed by atoms with Crippen LogP contribution in [0.5, 0.6) is 5.75 Å². The Morgan fingerprint density at radius 2 is 1.72 bits per heavy atom. The van der Waals surface area contributed by atoms with Crippen molar-refractivity contribution in [1.29, 1.82) is 0 Å². The lowest BCUT2D eigenvalue weighted by molar-refractivity contribution is -0.150. The van der Waals surface area contributed by atoms with Crippen LogP contribution in [0.1, 0.15) is 33.1 Å². The van der Waals surface area contributed by atoms with Crippen molar-refractivity contribution in [3.05, 3.63) is 24.3 Å². The summed E-state index contributed by atoms with van der Waals surface area (Å²) < 4.78 is 10.6. The molecule has 0 aliphatic carbocycles. The Labute approximate surface area is 203 Å². The van der Waals surface area contributed by atoms with Gasteiger partial charge in [-0.15, -0.1) is 24.8 Å². The molecule has 2 saturated heterocycles. The van der Waals surface area contributed by atoms with E-state index in [1.807, 2.05) is 18.7 Å². The van der Waals surface area contributed by atoms with Gasteiger partial charge in [-0.3, -0.25) is 4.90 Å². The molecule has 0 saturated carbocycles. The molecule has 2 aliphatic heterocycles. The Kier molecular flexibility index (Phi) is 12.7. The number of esters is 1. The van der Waals surface area contributed by atoms with Crippen LogP contribution in [0.3, 0.4) is 0 Å². The fourth-order valence-corrected chi connectivity index (χ4v) is 3.78. The molecule has 2 aliphatic rings. The number of halogens is 2. The van der Waals surface area contributed by atoms with Crippen LogP contribution in [0.25, 0.3) is 0 Å². The van der Waals surface area contributed by atoms with E-state index in [-0.39, 0.29) is 49.5 Å². The van der Waals surface area contributed by atoms with E-state index in [1.54, 1.807) is 24.3 Å². The molecule has 0 aromatic heterocycles. The van der Waals surface area contributed by atoms with Crippen LogP contribution in [-0.2, 0) is 9.53 Å². The van der Waals surface area contributed by atoms with Crippen molar-refractivity contribution in [2.75, 3.05) is 51.2 Å². The van der Waals surface area contributed by atoms with E-state index in [1.165, 1.54) is 12.8 Å². The number of hydrogen-bond acceptors (Lipinski definition) is 6. The lowest BCUT2D eigenvalue weighted by atomic mass is 10.0. The third kappa shape index (κ3) is 8.65. The average molecular weight is 491 g/mol. The molecule has 3 rings (SSSR count). The fraction of sp³-hybridized carbons (Fsp3) is 0.636. The van der Waals surface area contributed by atoms with Crippen LogP contribution >= 0.6 is 24.8 Å². The highest BCUT2D eigenvalue weighted by Crippen LogP contribution is 2.18. The molecule has 32 heavy (non-hydrogen) atoms. The summed E-state index contributed by atoms with van der Waals surface area (Å²) in [4.78, 5) is 28.6. The van der Waals surface area contributed by atoms with Crippen molar-refractivity contribution >= 4 is 42.5 Å². The molecule has 0 radical (unpaired) electrons. The first kappa shape index (κ1) is 28.3. The predicted molar refractivity (Wildman–Crippen MR) is 130 cm³/mol. The Balaban J connectivity index is 0.00000256. The van der Waals surface area contributed by atoms with Crippen molar-refractivity contribution < 1.29 is 19.1 Å². The fourth-order valence-electron chi connectivity index (χ4n) is 3.78. The third-order valence-electron chi connectivity index (χ3n) is 5.80. The van der Waals surface area contributed by atoms with Gasteiger partial charge in [-0.2, -0.15) is 0 Å². The largest absolute Gasteiger partial charge is 0.482 e. The standard InChI is InChI=1S/C22H34N4O4.2ClH/c1-3-17(2)30-21(27)16-29-20-6-4-18(5-7-20)24-22(28)26-14-12-25(13-15-26)19-8-10-23-11-9-19;;/h4-7,17,19,23H,3,8-16H2,1-2H3,(H,24,28);2*1H/t17-;;/m0../s1. The van der Waals surface area contributed by atoms with Gasteiger partial charge in [-0.1, -0.05) is 6.92 Å². The zero-order valence-electron chi connectivity index (χ0n) is 18.9. The number of carbonyl (C=O) groups is 2. The van der Waals surface area contributed by atoms with Gasteiger partial charge in [0.15, 0.2) is 6.61 Å². The summed E-state index contributed by atoms with van der Waals surface area (Å²) in [5.74, 6) is 0.176. The monoisotopic (exact) mass is 490 g/mol. The van der Waals surface area contributed by atoms with Gasteiger partial charge in [0, 0.05) is 37.9 Å². The summed E-state index contributed by atoms with van der Waals surface area (Å²) in [5.41, 5.74) is 0.704. The van der Waals surface area contributed by atoms with Gasteiger partial charge in [0.05, 0.1) is 6.10 Å². The topological polar surface area (TPSA) is 83.1 Å². The lowest BCUT2D eigenvalue weighted by Gasteiger charge is -2.40. The first-order valence-corrected chi connectivity index (χ1v) is 11.0. The minimum atomic E-state index is -0.384. The molecular formula is C22H36Cl2N4O4. The SMILES string of the molecule is CC[C@H](C)OC(=O)COc1ccc(NC(=O)N2CCN(C3CCNCC3)CC2)cc1.Cl.Cl. The molecule has 1 atom stereocenters. The van der Waals surface area contributed by atoms with E-state index in [0.717, 1.165) is 45.7 Å². The van der Waals surface area contributed by atoms with Crippen LogP contribution in [0, 0.1) is 0 Å². The van der Waals surface area contributed by atoms with E-state index >= 15 is 0 Å². The molecule has 8 nitrogen and oxygen atoms in total. The van der Waals surface area contributed by atoms with E-state index in [0.29, 0.717) is 17.5 Å². The van der Waals surface area contributed by atoms with Gasteiger partial charge < -0.3 is 25.0 Å². The van der Waals surface area contributed by atoms with Crippen LogP contribution in [-0.4, -0.2) is 79.8 Å². The van der Waals surface area contributed by atoms with Crippen molar-refractivity contribution in [2.45, 2.75) is 45.3 Å². The Morgan fingerprint density at radius 1 is 1.09 bits per heavy atom. The Morgan fingerprint density at radius 3 is 2.31 bits per heavy atom. The number of ether oxygens (including phenoxy) is 2. The minimum Gasteiger partial charge on any atom is -0.482 e. The maximum absolute atomic E-state index is 12.6. The summed E-state index contributed by atoms with van der Waals surface area (Å²) in [6.45, 7) is 9.20. The summed E-state index contributed by atoms with van der Waals surface area (Å²) in [6, 6.07) is 7.59. The third-order valence-corrected chi connectivity index (χ3v) is 5.80. The molecule has 2 fully saturated rings. The molecule has 10 heteroatoms. The highest BCUT2D eigenvalue weighted by atomic mass is 35.5.